The van der Waals surface area contributed by atoms with Gasteiger partial charge in [-0.3, -0.25) is 0 Å². The molecule has 36 heavy (non-hydrogen) atoms. The van der Waals surface area contributed by atoms with Crippen LogP contribution in [0.1, 0.15) is 62.1 Å². The van der Waals surface area contributed by atoms with Crippen LogP contribution in [-0.4, -0.2) is 31.3 Å². The molecule has 4 aromatic rings. The molecule has 186 valence electrons. The van der Waals surface area contributed by atoms with Gasteiger partial charge in [-0.2, -0.15) is 5.10 Å². The Kier molecular flexibility index (Phi) is 6.12. The highest BCUT2D eigenvalue weighted by molar-refractivity contribution is 5.81. The Labute approximate surface area is 209 Å². The van der Waals surface area contributed by atoms with Gasteiger partial charge in [0.15, 0.2) is 11.8 Å². The van der Waals surface area contributed by atoms with Crippen molar-refractivity contribution in [3.05, 3.63) is 76.7 Å². The van der Waals surface area contributed by atoms with Crippen LogP contribution in [0.25, 0.3) is 28.2 Å². The second-order valence-electron chi connectivity index (χ2n) is 10.4. The Hall–Kier alpha value is -3.58. The number of hydrogen-bond acceptors (Lipinski definition) is 4. The molecule has 1 atom stereocenters. The SMILES string of the molecule is Cc1nc2cc(-c3ccc4c(c3)CCCC4)nn2c(-c2ccc(F)cc2)c1[C@H](OC(C)(C)C)C(=O)O. The molecule has 0 bridgehead atoms. The smallest absolute Gasteiger partial charge is 0.337 e. The summed E-state index contributed by atoms with van der Waals surface area (Å²) in [5.74, 6) is -1.50. The summed E-state index contributed by atoms with van der Waals surface area (Å²) in [6, 6.07) is 14.3. The average molecular weight is 488 g/mol. The highest BCUT2D eigenvalue weighted by Gasteiger charge is 2.33. The van der Waals surface area contributed by atoms with Gasteiger partial charge in [0.25, 0.3) is 0 Å². The van der Waals surface area contributed by atoms with Crippen molar-refractivity contribution in [3.8, 4) is 22.5 Å². The summed E-state index contributed by atoms with van der Waals surface area (Å²) in [6.45, 7) is 7.20. The molecule has 1 N–H and O–H groups in total. The van der Waals surface area contributed by atoms with Crippen LogP contribution in [0.15, 0.2) is 48.5 Å². The number of rotatable bonds is 5. The zero-order valence-corrected chi connectivity index (χ0v) is 21.0. The van der Waals surface area contributed by atoms with Gasteiger partial charge in [-0.25, -0.2) is 18.7 Å². The van der Waals surface area contributed by atoms with Crippen molar-refractivity contribution >= 4 is 11.6 Å². The zero-order chi connectivity index (χ0) is 25.6. The number of fused-ring (bicyclic) bond motifs is 2. The van der Waals surface area contributed by atoms with E-state index in [4.69, 9.17) is 14.8 Å². The highest BCUT2D eigenvalue weighted by Crippen LogP contribution is 2.36. The summed E-state index contributed by atoms with van der Waals surface area (Å²) in [4.78, 5) is 17.2. The number of hydrogen-bond donors (Lipinski definition) is 1. The number of carbonyl (C=O) groups is 1. The fraction of sp³-hybridized carbons (Fsp3) is 0.345. The minimum absolute atomic E-state index is 0.377. The van der Waals surface area contributed by atoms with Crippen LogP contribution in [0.4, 0.5) is 4.39 Å². The largest absolute Gasteiger partial charge is 0.479 e. The number of aryl methyl sites for hydroxylation is 3. The first kappa shape index (κ1) is 24.1. The molecule has 6 nitrogen and oxygen atoms in total. The second kappa shape index (κ2) is 9.13. The van der Waals surface area contributed by atoms with E-state index in [-0.39, 0.29) is 5.82 Å². The van der Waals surface area contributed by atoms with E-state index < -0.39 is 17.7 Å². The molecule has 0 amide bonds. The van der Waals surface area contributed by atoms with Crippen LogP contribution >= 0.6 is 0 Å². The summed E-state index contributed by atoms with van der Waals surface area (Å²) in [5, 5.41) is 15.0. The first-order chi connectivity index (χ1) is 17.1. The van der Waals surface area contributed by atoms with Crippen LogP contribution in [0.3, 0.4) is 0 Å². The molecule has 0 saturated heterocycles. The molecule has 5 rings (SSSR count). The molecule has 0 radical (unpaired) electrons. The Morgan fingerprint density at radius 3 is 2.36 bits per heavy atom. The maximum absolute atomic E-state index is 13.8. The topological polar surface area (TPSA) is 76.7 Å². The van der Waals surface area contributed by atoms with Crippen LogP contribution < -0.4 is 0 Å². The lowest BCUT2D eigenvalue weighted by atomic mass is 9.90. The third-order valence-electron chi connectivity index (χ3n) is 6.55. The number of benzene rings is 2. The molecular weight excluding hydrogens is 457 g/mol. The number of ether oxygens (including phenoxy) is 1. The lowest BCUT2D eigenvalue weighted by Crippen LogP contribution is -2.29. The van der Waals surface area contributed by atoms with Crippen molar-refractivity contribution in [1.82, 2.24) is 14.6 Å². The van der Waals surface area contributed by atoms with Crippen molar-refractivity contribution in [3.63, 3.8) is 0 Å². The Balaban J connectivity index is 1.75. The average Bonchev–Trinajstić information content (AvgIpc) is 3.25. The molecular formula is C29H30FN3O3. The van der Waals surface area contributed by atoms with Gasteiger partial charge in [-0.15, -0.1) is 0 Å². The van der Waals surface area contributed by atoms with Gasteiger partial charge in [-0.1, -0.05) is 12.1 Å². The Morgan fingerprint density at radius 2 is 1.69 bits per heavy atom. The third kappa shape index (κ3) is 4.63. The van der Waals surface area contributed by atoms with E-state index in [9.17, 15) is 14.3 Å². The number of carboxylic acids is 1. The van der Waals surface area contributed by atoms with Crippen molar-refractivity contribution in [2.75, 3.05) is 0 Å². The van der Waals surface area contributed by atoms with Gasteiger partial charge in [0.2, 0.25) is 0 Å². The minimum atomic E-state index is -1.28. The number of nitrogens with zero attached hydrogens (tertiary/aromatic N) is 3. The van der Waals surface area contributed by atoms with E-state index in [0.29, 0.717) is 28.2 Å². The highest BCUT2D eigenvalue weighted by atomic mass is 19.1. The van der Waals surface area contributed by atoms with Crippen molar-refractivity contribution < 1.29 is 19.0 Å². The van der Waals surface area contributed by atoms with E-state index >= 15 is 0 Å². The van der Waals surface area contributed by atoms with Crippen LogP contribution in [0, 0.1) is 12.7 Å². The van der Waals surface area contributed by atoms with E-state index in [2.05, 4.69) is 18.2 Å². The predicted molar refractivity (Wildman–Crippen MR) is 136 cm³/mol. The summed E-state index contributed by atoms with van der Waals surface area (Å²) in [7, 11) is 0. The summed E-state index contributed by atoms with van der Waals surface area (Å²) in [6.07, 6.45) is 3.28. The number of aliphatic carboxylic acids is 1. The molecule has 2 aromatic carbocycles. The second-order valence-corrected chi connectivity index (χ2v) is 10.4. The Morgan fingerprint density at radius 1 is 1.03 bits per heavy atom. The van der Waals surface area contributed by atoms with Gasteiger partial charge in [0.05, 0.1) is 17.0 Å². The molecule has 2 aromatic heterocycles. The predicted octanol–water partition coefficient (Wildman–Crippen LogP) is 6.33. The lowest BCUT2D eigenvalue weighted by Gasteiger charge is -2.27. The third-order valence-corrected chi connectivity index (χ3v) is 6.55. The summed E-state index contributed by atoms with van der Waals surface area (Å²) < 4.78 is 21.5. The first-order valence-corrected chi connectivity index (χ1v) is 12.3. The van der Waals surface area contributed by atoms with E-state index in [1.807, 2.05) is 26.8 Å². The molecule has 1 aliphatic carbocycles. The molecule has 0 fully saturated rings. The van der Waals surface area contributed by atoms with E-state index in [1.54, 1.807) is 23.6 Å². The van der Waals surface area contributed by atoms with Crippen LogP contribution in [0.5, 0.6) is 0 Å². The molecule has 1 aliphatic rings. The van der Waals surface area contributed by atoms with Crippen LogP contribution in [-0.2, 0) is 22.4 Å². The molecule has 0 spiro atoms. The van der Waals surface area contributed by atoms with E-state index in [0.717, 1.165) is 24.1 Å². The standard InChI is InChI=1S/C29H30FN3O3/c1-17-25(27(28(34)35)36-29(2,3)4)26(19-11-13-22(30)14-12-19)33-24(31-17)16-23(32-33)21-10-9-18-7-5-6-8-20(18)15-21/h9-16,27H,5-8H2,1-4H3,(H,34,35)/t27-/m0/s1. The minimum Gasteiger partial charge on any atom is -0.479 e. The molecule has 0 unspecified atom stereocenters. The normalized spacial score (nSPS) is 14.6. The van der Waals surface area contributed by atoms with Crippen molar-refractivity contribution in [2.24, 2.45) is 0 Å². The number of halogens is 1. The monoisotopic (exact) mass is 487 g/mol. The van der Waals surface area contributed by atoms with Gasteiger partial charge >= 0.3 is 5.97 Å². The fourth-order valence-corrected chi connectivity index (χ4v) is 4.95. The molecule has 0 aliphatic heterocycles. The summed E-state index contributed by atoms with van der Waals surface area (Å²) >= 11 is 0. The molecule has 0 saturated carbocycles. The van der Waals surface area contributed by atoms with Gasteiger partial charge in [0, 0.05) is 28.5 Å². The fourth-order valence-electron chi connectivity index (χ4n) is 4.95. The quantitative estimate of drug-likeness (QED) is 0.356. The van der Waals surface area contributed by atoms with Crippen molar-refractivity contribution in [2.45, 2.75) is 65.1 Å². The van der Waals surface area contributed by atoms with Crippen LogP contribution in [0.2, 0.25) is 0 Å². The Bertz CT molecular complexity index is 1450. The van der Waals surface area contributed by atoms with E-state index in [1.165, 1.54) is 36.1 Å². The van der Waals surface area contributed by atoms with Gasteiger partial charge in [-0.05, 0) is 94.8 Å². The number of aromatic nitrogens is 3. The maximum atomic E-state index is 13.8. The molecule has 2 heterocycles. The first-order valence-electron chi connectivity index (χ1n) is 12.3. The lowest BCUT2D eigenvalue weighted by molar-refractivity contribution is -0.160. The van der Waals surface area contributed by atoms with Crippen molar-refractivity contribution in [1.29, 1.82) is 0 Å². The molecule has 7 heteroatoms. The zero-order valence-electron chi connectivity index (χ0n) is 21.0. The van der Waals surface area contributed by atoms with Gasteiger partial charge in [0.1, 0.15) is 5.82 Å². The van der Waals surface area contributed by atoms with Gasteiger partial charge < -0.3 is 9.84 Å². The summed E-state index contributed by atoms with van der Waals surface area (Å²) in [5.41, 5.74) is 6.43. The maximum Gasteiger partial charge on any atom is 0.337 e. The number of carboxylic acid groups (broad SMARTS) is 1.